The molecule has 0 aliphatic heterocycles. The van der Waals surface area contributed by atoms with Crippen LogP contribution in [-0.4, -0.2) is 25.9 Å². The largest absolute Gasteiger partial charge is 0.325 e. The molecular weight excluding hydrogens is 484 g/mol. The van der Waals surface area contributed by atoms with Gasteiger partial charge in [0.2, 0.25) is 5.91 Å². The van der Waals surface area contributed by atoms with Crippen molar-refractivity contribution in [2.45, 2.75) is 41.3 Å². The molecule has 0 saturated heterocycles. The van der Waals surface area contributed by atoms with E-state index in [9.17, 15) is 4.79 Å². The van der Waals surface area contributed by atoms with Crippen LogP contribution in [0, 0.1) is 6.92 Å². The van der Waals surface area contributed by atoms with Gasteiger partial charge in [0, 0.05) is 21.3 Å². The van der Waals surface area contributed by atoms with Gasteiger partial charge in [0.1, 0.15) is 5.82 Å². The fourth-order valence-corrected chi connectivity index (χ4v) is 5.32. The van der Waals surface area contributed by atoms with Crippen molar-refractivity contribution in [2.75, 3.05) is 5.32 Å². The lowest BCUT2D eigenvalue weighted by molar-refractivity contribution is -0.115. The monoisotopic (exact) mass is 508 g/mol. The molecule has 1 atom stereocenters. The van der Waals surface area contributed by atoms with Gasteiger partial charge in [-0.05, 0) is 55.8 Å². The van der Waals surface area contributed by atoms with Crippen molar-refractivity contribution in [1.82, 2.24) is 14.8 Å². The number of nitrogens with zero attached hydrogens (tertiary/aromatic N) is 3. The van der Waals surface area contributed by atoms with Crippen LogP contribution in [0.4, 0.5) is 5.69 Å². The first-order valence-corrected chi connectivity index (χ1v) is 13.2. The van der Waals surface area contributed by atoms with Crippen LogP contribution in [0.5, 0.6) is 0 Å². The van der Waals surface area contributed by atoms with Crippen molar-refractivity contribution in [3.63, 3.8) is 0 Å². The molecule has 3 aromatic carbocycles. The van der Waals surface area contributed by atoms with E-state index in [4.69, 9.17) is 11.6 Å². The molecule has 1 N–H and O–H groups in total. The third-order valence-electron chi connectivity index (χ3n) is 5.11. The molecule has 174 valence electrons. The van der Waals surface area contributed by atoms with Crippen LogP contribution in [0.25, 0.3) is 5.69 Å². The van der Waals surface area contributed by atoms with Crippen LogP contribution < -0.4 is 5.32 Å². The zero-order valence-electron chi connectivity index (χ0n) is 18.9. The van der Waals surface area contributed by atoms with E-state index in [1.165, 1.54) is 22.2 Å². The number of carbonyl (C=O) groups is 1. The number of anilines is 1. The fourth-order valence-electron chi connectivity index (χ4n) is 3.33. The third kappa shape index (κ3) is 6.23. The molecule has 1 heterocycles. The first-order valence-electron chi connectivity index (χ1n) is 11.0. The minimum atomic E-state index is -0.330. The van der Waals surface area contributed by atoms with Crippen LogP contribution in [0.15, 0.2) is 88.9 Å². The molecule has 8 heteroatoms. The van der Waals surface area contributed by atoms with Gasteiger partial charge in [-0.3, -0.25) is 9.36 Å². The van der Waals surface area contributed by atoms with Crippen molar-refractivity contribution in [1.29, 1.82) is 0 Å². The average molecular weight is 509 g/mol. The molecule has 0 aliphatic carbocycles. The summed E-state index contributed by atoms with van der Waals surface area (Å²) in [7, 11) is 0. The normalized spacial score (nSPS) is 11.9. The van der Waals surface area contributed by atoms with Gasteiger partial charge in [-0.25, -0.2) is 0 Å². The van der Waals surface area contributed by atoms with Gasteiger partial charge in [0.05, 0.1) is 11.0 Å². The van der Waals surface area contributed by atoms with Gasteiger partial charge < -0.3 is 5.32 Å². The second-order valence-electron chi connectivity index (χ2n) is 7.69. The number of aromatic nitrogens is 3. The summed E-state index contributed by atoms with van der Waals surface area (Å²) >= 11 is 9.20. The molecule has 0 radical (unpaired) electrons. The summed E-state index contributed by atoms with van der Waals surface area (Å²) in [5.74, 6) is 1.41. The van der Waals surface area contributed by atoms with Crippen molar-refractivity contribution < 1.29 is 4.79 Å². The number of rotatable bonds is 9. The molecule has 0 bridgehead atoms. The minimum Gasteiger partial charge on any atom is -0.325 e. The maximum absolute atomic E-state index is 13.0. The Kier molecular flexibility index (Phi) is 8.32. The van der Waals surface area contributed by atoms with Gasteiger partial charge in [-0.2, -0.15) is 0 Å². The zero-order chi connectivity index (χ0) is 23.9. The average Bonchev–Trinajstić information content (AvgIpc) is 3.25. The molecular formula is C26H25ClN4OS2. The maximum Gasteiger partial charge on any atom is 0.237 e. The molecule has 1 unspecified atom stereocenters. The molecule has 0 spiro atoms. The quantitative estimate of drug-likeness (QED) is 0.246. The number of carbonyl (C=O) groups excluding carboxylic acids is 1. The first kappa shape index (κ1) is 24.4. The van der Waals surface area contributed by atoms with Crippen LogP contribution in [-0.2, 0) is 10.5 Å². The maximum atomic E-state index is 13.0. The van der Waals surface area contributed by atoms with Crippen LogP contribution in [0.1, 0.15) is 24.7 Å². The van der Waals surface area contributed by atoms with E-state index in [2.05, 4.69) is 46.7 Å². The molecule has 4 aromatic rings. The Labute approximate surface area is 213 Å². The number of thioether (sulfide) groups is 2. The lowest BCUT2D eigenvalue weighted by atomic mass is 10.2. The van der Waals surface area contributed by atoms with Crippen LogP contribution in [0.2, 0.25) is 5.02 Å². The summed E-state index contributed by atoms with van der Waals surface area (Å²) in [6.45, 7) is 4.07. The Morgan fingerprint density at radius 2 is 1.79 bits per heavy atom. The molecule has 5 nitrogen and oxygen atoms in total. The van der Waals surface area contributed by atoms with E-state index in [-0.39, 0.29) is 11.2 Å². The Balaban J connectivity index is 1.56. The Morgan fingerprint density at radius 1 is 1.03 bits per heavy atom. The molecule has 0 aliphatic rings. The number of amides is 1. The summed E-state index contributed by atoms with van der Waals surface area (Å²) in [5.41, 5.74) is 2.88. The number of hydrogen-bond donors (Lipinski definition) is 1. The van der Waals surface area contributed by atoms with E-state index in [1.807, 2.05) is 54.0 Å². The van der Waals surface area contributed by atoms with Crippen molar-refractivity contribution in [3.8, 4) is 5.69 Å². The van der Waals surface area contributed by atoms with Gasteiger partial charge in [0.25, 0.3) is 0 Å². The number of aryl methyl sites for hydroxylation is 1. The highest BCUT2D eigenvalue weighted by Gasteiger charge is 2.23. The predicted molar refractivity (Wildman–Crippen MR) is 142 cm³/mol. The lowest BCUT2D eigenvalue weighted by Crippen LogP contribution is -2.25. The van der Waals surface area contributed by atoms with E-state index in [1.54, 1.807) is 23.9 Å². The SMILES string of the molecule is CCC(Sc1nnc(CSc2ccc(C)cc2)n1-c1ccccc1)C(=O)Nc1cccc(Cl)c1. The van der Waals surface area contributed by atoms with Gasteiger partial charge in [0.15, 0.2) is 5.16 Å². The Morgan fingerprint density at radius 3 is 2.50 bits per heavy atom. The summed E-state index contributed by atoms with van der Waals surface area (Å²) in [4.78, 5) is 14.2. The summed E-state index contributed by atoms with van der Waals surface area (Å²) in [6, 6.07) is 25.6. The molecule has 0 fully saturated rings. The van der Waals surface area contributed by atoms with Crippen LogP contribution in [0.3, 0.4) is 0 Å². The second kappa shape index (κ2) is 11.6. The highest BCUT2D eigenvalue weighted by molar-refractivity contribution is 8.00. The van der Waals surface area contributed by atoms with E-state index in [0.717, 1.165) is 11.5 Å². The molecule has 4 rings (SSSR count). The topological polar surface area (TPSA) is 59.8 Å². The van der Waals surface area contributed by atoms with Gasteiger partial charge in [-0.1, -0.05) is 72.2 Å². The molecule has 1 amide bonds. The highest BCUT2D eigenvalue weighted by Crippen LogP contribution is 2.31. The number of para-hydroxylation sites is 1. The highest BCUT2D eigenvalue weighted by atomic mass is 35.5. The molecule has 0 saturated carbocycles. The molecule has 34 heavy (non-hydrogen) atoms. The van der Waals surface area contributed by atoms with E-state index >= 15 is 0 Å². The standard InChI is InChI=1S/C26H25ClN4OS2/c1-3-23(25(32)28-20-9-7-8-19(27)16-20)34-26-30-29-24(31(26)21-10-5-4-6-11-21)17-33-22-14-12-18(2)13-15-22/h4-16,23H,3,17H2,1-2H3,(H,28,32). The van der Waals surface area contributed by atoms with Crippen molar-refractivity contribution in [2.24, 2.45) is 0 Å². The Bertz CT molecular complexity index is 1250. The second-order valence-corrected chi connectivity index (χ2v) is 10.3. The number of benzene rings is 3. The first-order chi connectivity index (χ1) is 16.5. The van der Waals surface area contributed by atoms with Crippen LogP contribution >= 0.6 is 35.1 Å². The lowest BCUT2D eigenvalue weighted by Gasteiger charge is -2.16. The van der Waals surface area contributed by atoms with Crippen molar-refractivity contribution in [3.05, 3.63) is 95.3 Å². The summed E-state index contributed by atoms with van der Waals surface area (Å²) in [6.07, 6.45) is 0.645. The summed E-state index contributed by atoms with van der Waals surface area (Å²) in [5, 5.41) is 12.9. The summed E-state index contributed by atoms with van der Waals surface area (Å²) < 4.78 is 2.04. The zero-order valence-corrected chi connectivity index (χ0v) is 21.3. The van der Waals surface area contributed by atoms with E-state index in [0.29, 0.717) is 28.0 Å². The predicted octanol–water partition coefficient (Wildman–Crippen LogP) is 7.03. The number of hydrogen-bond acceptors (Lipinski definition) is 5. The number of halogens is 1. The van der Waals surface area contributed by atoms with E-state index < -0.39 is 0 Å². The molecule has 1 aromatic heterocycles. The van der Waals surface area contributed by atoms with Crippen molar-refractivity contribution >= 4 is 46.7 Å². The Hall–Kier alpha value is -2.74. The van der Waals surface area contributed by atoms with Gasteiger partial charge >= 0.3 is 0 Å². The third-order valence-corrected chi connectivity index (χ3v) is 7.66. The number of nitrogens with one attached hydrogen (secondary N) is 1. The fraction of sp³-hybridized carbons (Fsp3) is 0.192. The smallest absolute Gasteiger partial charge is 0.237 e. The minimum absolute atomic E-state index is 0.0899. The van der Waals surface area contributed by atoms with Gasteiger partial charge in [-0.15, -0.1) is 22.0 Å².